The smallest absolute Gasteiger partial charge is 0.204 e. The molecule has 0 saturated heterocycles. The molecule has 0 aliphatic heterocycles. The summed E-state index contributed by atoms with van der Waals surface area (Å²) in [7, 11) is 5.93. The molecule has 2 aliphatic rings. The first kappa shape index (κ1) is 27.5. The van der Waals surface area contributed by atoms with Crippen molar-refractivity contribution in [3.63, 3.8) is 0 Å². The molecule has 1 aromatic heterocycles. The molecule has 0 saturated carbocycles. The number of aromatic hydroxyl groups is 4. The van der Waals surface area contributed by atoms with E-state index >= 15 is 0 Å². The van der Waals surface area contributed by atoms with E-state index < -0.39 is 23.0 Å². The highest BCUT2D eigenvalue weighted by Crippen LogP contribution is 2.46. The number of amidine groups is 1. The van der Waals surface area contributed by atoms with Gasteiger partial charge in [0, 0.05) is 37.7 Å². The topological polar surface area (TPSA) is 119 Å². The van der Waals surface area contributed by atoms with Crippen molar-refractivity contribution in [3.05, 3.63) is 106 Å². The van der Waals surface area contributed by atoms with Gasteiger partial charge in [-0.25, -0.2) is 4.99 Å². The van der Waals surface area contributed by atoms with E-state index in [0.29, 0.717) is 17.0 Å². The third-order valence-electron chi connectivity index (χ3n) is 7.78. The highest BCUT2D eigenvalue weighted by molar-refractivity contribution is 7.19. The number of nitrogens with two attached hydrogens (primary N) is 1. The summed E-state index contributed by atoms with van der Waals surface area (Å²) in [6.45, 7) is 0. The Morgan fingerprint density at radius 3 is 2.52 bits per heavy atom. The molecule has 3 aromatic carbocycles. The molecule has 6 N–H and O–H groups in total. The van der Waals surface area contributed by atoms with Gasteiger partial charge in [0.25, 0.3) is 0 Å². The Morgan fingerprint density at radius 2 is 1.76 bits per heavy atom. The minimum atomic E-state index is -0.876. The number of allylic oxidation sites excluding steroid dienone is 6. The van der Waals surface area contributed by atoms with Gasteiger partial charge in [-0.15, -0.1) is 11.3 Å². The van der Waals surface area contributed by atoms with Crippen molar-refractivity contribution in [1.82, 2.24) is 0 Å². The van der Waals surface area contributed by atoms with Gasteiger partial charge in [-0.1, -0.05) is 78.9 Å². The molecule has 2 radical (unpaired) electrons. The summed E-state index contributed by atoms with van der Waals surface area (Å²) in [4.78, 5) is 6.34. The summed E-state index contributed by atoms with van der Waals surface area (Å²) in [5, 5.41) is 41.5. The van der Waals surface area contributed by atoms with Crippen LogP contribution in [-0.4, -0.2) is 34.1 Å². The van der Waals surface area contributed by atoms with Crippen molar-refractivity contribution >= 4 is 46.6 Å². The molecule has 0 bridgehead atoms. The van der Waals surface area contributed by atoms with Crippen LogP contribution in [0.15, 0.2) is 89.6 Å². The zero-order chi connectivity index (χ0) is 29.4. The van der Waals surface area contributed by atoms with Gasteiger partial charge >= 0.3 is 0 Å². The van der Waals surface area contributed by atoms with E-state index in [1.165, 1.54) is 26.1 Å². The lowest BCUT2D eigenvalue weighted by Crippen LogP contribution is -2.15. The van der Waals surface area contributed by atoms with E-state index in [4.69, 9.17) is 18.6 Å². The van der Waals surface area contributed by atoms with Gasteiger partial charge in [0.15, 0.2) is 11.5 Å². The molecule has 6 nitrogen and oxygen atoms in total. The number of phenolic OH excluding ortho intramolecular Hbond substituents is 4. The fourth-order valence-electron chi connectivity index (χ4n) is 5.56. The van der Waals surface area contributed by atoms with Crippen LogP contribution in [0.2, 0.25) is 0 Å². The van der Waals surface area contributed by atoms with Crippen LogP contribution in [0.4, 0.5) is 0 Å². The molecular weight excluding hydrogens is 543 g/mol. The summed E-state index contributed by atoms with van der Waals surface area (Å²) in [6, 6.07) is 13.3. The Labute approximate surface area is 249 Å². The quantitative estimate of drug-likeness (QED) is 0.0628. The molecule has 1 unspecified atom stereocenters. The summed E-state index contributed by atoms with van der Waals surface area (Å²) < 4.78 is 1.31. The monoisotopic (exact) mass is 572 g/mol. The van der Waals surface area contributed by atoms with Crippen molar-refractivity contribution < 1.29 is 20.4 Å². The van der Waals surface area contributed by atoms with Crippen molar-refractivity contribution in [2.45, 2.75) is 25.7 Å². The highest BCUT2D eigenvalue weighted by atomic mass is 32.1. The molecule has 1 atom stereocenters. The Balaban J connectivity index is 1.34. The molecule has 1 heterocycles. The van der Waals surface area contributed by atoms with Crippen LogP contribution in [0.25, 0.3) is 27.3 Å². The van der Waals surface area contributed by atoms with Gasteiger partial charge in [-0.2, -0.15) is 0 Å². The van der Waals surface area contributed by atoms with E-state index in [-0.39, 0.29) is 16.9 Å². The van der Waals surface area contributed by atoms with Crippen LogP contribution in [0.5, 0.6) is 23.0 Å². The van der Waals surface area contributed by atoms with Crippen LogP contribution in [0, 0.1) is 5.92 Å². The fraction of sp³-hybridized carbons (Fsp3) is 0.147. The first-order valence-corrected chi connectivity index (χ1v) is 14.6. The zero-order valence-electron chi connectivity index (χ0n) is 22.8. The summed E-state index contributed by atoms with van der Waals surface area (Å²) >= 11 is 1.88. The SMILES string of the molecule is [B]c1c(O)c(O)c(O)c(O)c1-c1ccc(C(N)=N/C(=C\Cc2cccc3sc4c(c23)C=CCC4)C2C=CC=CC2)cc1. The standard InChI is InChI=1S/C34H29BN2O4S/c35-29-28(30(38)32(40)33(41)31(29)39)21-13-15-22(16-14-21)34(36)37-24(19-7-2-1-3-8-19)18-17-20-9-6-12-26-27(20)23-10-4-5-11-25(23)42-26/h1-4,6-7,9-10,12-16,18-19,38-41H,5,8,11,17H2,(H2,36,37)/b24-18-. The van der Waals surface area contributed by atoms with Crippen LogP contribution >= 0.6 is 11.3 Å². The average molecular weight is 572 g/mol. The lowest BCUT2D eigenvalue weighted by atomic mass is 9.84. The number of thiophene rings is 1. The number of benzene rings is 3. The molecule has 42 heavy (non-hydrogen) atoms. The lowest BCUT2D eigenvalue weighted by Gasteiger charge is -2.16. The maximum atomic E-state index is 10.4. The highest BCUT2D eigenvalue weighted by Gasteiger charge is 2.22. The minimum Gasteiger partial charge on any atom is -0.505 e. The van der Waals surface area contributed by atoms with E-state index in [1.807, 2.05) is 23.5 Å². The number of phenols is 4. The number of rotatable bonds is 6. The van der Waals surface area contributed by atoms with Gasteiger partial charge in [0.2, 0.25) is 11.5 Å². The molecular formula is C34H29BN2O4S. The first-order chi connectivity index (χ1) is 20.3. The van der Waals surface area contributed by atoms with Crippen molar-refractivity contribution in [3.8, 4) is 34.1 Å². The van der Waals surface area contributed by atoms with Gasteiger partial charge < -0.3 is 26.2 Å². The summed E-state index contributed by atoms with van der Waals surface area (Å²) in [5.74, 6) is -2.64. The second kappa shape index (κ2) is 11.3. The second-order valence-corrected chi connectivity index (χ2v) is 11.6. The van der Waals surface area contributed by atoms with E-state index in [1.54, 1.807) is 24.3 Å². The van der Waals surface area contributed by atoms with Crippen molar-refractivity contribution in [1.29, 1.82) is 0 Å². The number of aryl methyl sites for hydroxylation is 1. The van der Waals surface area contributed by atoms with Crippen LogP contribution in [-0.2, 0) is 12.8 Å². The molecule has 0 spiro atoms. The minimum absolute atomic E-state index is 0.00390. The predicted octanol–water partition coefficient (Wildman–Crippen LogP) is 6.11. The van der Waals surface area contributed by atoms with E-state index in [9.17, 15) is 20.4 Å². The molecule has 0 fully saturated rings. The summed E-state index contributed by atoms with van der Waals surface area (Å²) in [5.41, 5.74) is 10.8. The van der Waals surface area contributed by atoms with Crippen LogP contribution < -0.4 is 11.2 Å². The van der Waals surface area contributed by atoms with Crippen LogP contribution in [0.1, 0.15) is 34.4 Å². The van der Waals surface area contributed by atoms with E-state index in [0.717, 1.165) is 31.4 Å². The Kier molecular flexibility index (Phi) is 7.39. The van der Waals surface area contributed by atoms with Gasteiger partial charge in [0.1, 0.15) is 13.7 Å². The lowest BCUT2D eigenvalue weighted by molar-refractivity contribution is 0.348. The Bertz CT molecular complexity index is 1820. The van der Waals surface area contributed by atoms with Gasteiger partial charge in [0.05, 0.1) is 0 Å². The number of fused-ring (bicyclic) bond motifs is 3. The number of hydrogen-bond donors (Lipinski definition) is 5. The number of aliphatic imine (C=N–C) groups is 1. The van der Waals surface area contributed by atoms with Crippen molar-refractivity contribution in [2.75, 3.05) is 0 Å². The molecule has 4 aromatic rings. The number of nitrogens with zero attached hydrogens (tertiary/aromatic N) is 1. The first-order valence-electron chi connectivity index (χ1n) is 13.8. The van der Waals surface area contributed by atoms with Crippen LogP contribution in [0.3, 0.4) is 0 Å². The van der Waals surface area contributed by atoms with E-state index in [2.05, 4.69) is 48.6 Å². The van der Waals surface area contributed by atoms with Gasteiger partial charge in [-0.05, 0) is 53.9 Å². The predicted molar refractivity (Wildman–Crippen MR) is 172 cm³/mol. The third-order valence-corrected chi connectivity index (χ3v) is 9.01. The maximum absolute atomic E-state index is 10.4. The maximum Gasteiger partial charge on any atom is 0.204 e. The summed E-state index contributed by atoms with van der Waals surface area (Å²) in [6.07, 6.45) is 18.7. The average Bonchev–Trinajstić information content (AvgIpc) is 3.41. The Hall–Kier alpha value is -4.69. The molecule has 8 heteroatoms. The largest absolute Gasteiger partial charge is 0.505 e. The second-order valence-electron chi connectivity index (χ2n) is 10.4. The molecule has 0 amide bonds. The number of hydrogen-bond acceptors (Lipinski definition) is 6. The third kappa shape index (κ3) is 4.99. The fourth-order valence-corrected chi connectivity index (χ4v) is 6.81. The Morgan fingerprint density at radius 1 is 0.976 bits per heavy atom. The molecule has 6 rings (SSSR count). The van der Waals surface area contributed by atoms with Gasteiger partial charge in [-0.3, -0.25) is 0 Å². The molecule has 208 valence electrons. The van der Waals surface area contributed by atoms with Crippen molar-refractivity contribution in [2.24, 2.45) is 16.6 Å². The molecule has 2 aliphatic carbocycles. The normalized spacial score (nSPS) is 16.7. The zero-order valence-corrected chi connectivity index (χ0v) is 23.6.